The van der Waals surface area contributed by atoms with Gasteiger partial charge in [-0.15, -0.1) is 0 Å². The van der Waals surface area contributed by atoms with E-state index in [0.29, 0.717) is 5.56 Å². The summed E-state index contributed by atoms with van der Waals surface area (Å²) in [6.07, 6.45) is 0. The Kier molecular flexibility index (Phi) is 6.69. The molecule has 0 saturated carbocycles. The van der Waals surface area contributed by atoms with Gasteiger partial charge < -0.3 is 15.8 Å². The number of ether oxygens (including phenoxy) is 1. The molecule has 0 bridgehead atoms. The van der Waals surface area contributed by atoms with E-state index in [4.69, 9.17) is 10.5 Å². The zero-order valence-corrected chi connectivity index (χ0v) is 14.7. The molecule has 23 heavy (non-hydrogen) atoms. The van der Waals surface area contributed by atoms with Gasteiger partial charge in [0.1, 0.15) is 6.04 Å². The molecular weight excluding hydrogens is 318 g/mol. The molecule has 0 aliphatic carbocycles. The van der Waals surface area contributed by atoms with Gasteiger partial charge in [-0.2, -0.15) is 0 Å². The van der Waals surface area contributed by atoms with Crippen molar-refractivity contribution in [1.29, 1.82) is 0 Å². The van der Waals surface area contributed by atoms with Crippen LogP contribution in [0.3, 0.4) is 0 Å². The minimum absolute atomic E-state index is 0.0669. The number of carbonyl (C=O) groups excluding carboxylic acids is 1. The summed E-state index contributed by atoms with van der Waals surface area (Å²) in [6.45, 7) is 5.45. The number of hydrogen-bond acceptors (Lipinski definition) is 5. The Morgan fingerprint density at radius 2 is 1.91 bits per heavy atom. The van der Waals surface area contributed by atoms with Crippen molar-refractivity contribution in [3.05, 3.63) is 29.8 Å². The van der Waals surface area contributed by atoms with Crippen molar-refractivity contribution in [2.45, 2.75) is 43.8 Å². The molecule has 1 amide bonds. The van der Waals surface area contributed by atoms with Gasteiger partial charge >= 0.3 is 0 Å². The first kappa shape index (κ1) is 19.6. The van der Waals surface area contributed by atoms with Crippen molar-refractivity contribution in [2.24, 2.45) is 5.73 Å². The van der Waals surface area contributed by atoms with Crippen LogP contribution in [0.25, 0.3) is 0 Å². The lowest BCUT2D eigenvalue weighted by atomic mass is 10.1. The van der Waals surface area contributed by atoms with E-state index in [1.165, 1.54) is 13.2 Å². The van der Waals surface area contributed by atoms with Crippen LogP contribution in [0.4, 0.5) is 0 Å². The smallest absolute Gasteiger partial charge is 0.241 e. The molecule has 1 rings (SSSR count). The molecule has 7 nitrogen and oxygen atoms in total. The van der Waals surface area contributed by atoms with Crippen LogP contribution in [0.5, 0.6) is 0 Å². The number of hydrogen-bond donors (Lipinski definition) is 3. The van der Waals surface area contributed by atoms with Crippen molar-refractivity contribution >= 4 is 15.9 Å². The number of amides is 1. The SMILES string of the molecule is COCC(N)C(=O)NCc1ccccc1S(=O)(=O)NC(C)(C)C. The summed E-state index contributed by atoms with van der Waals surface area (Å²) in [5.41, 5.74) is 5.52. The standard InChI is InChI=1S/C15H25N3O4S/c1-15(2,3)18-23(20,21)13-8-6-5-7-11(13)9-17-14(19)12(16)10-22-4/h5-8,12,18H,9-10,16H2,1-4H3,(H,17,19). The maximum atomic E-state index is 12.5. The van der Waals surface area contributed by atoms with Crippen LogP contribution >= 0.6 is 0 Å². The monoisotopic (exact) mass is 343 g/mol. The van der Waals surface area contributed by atoms with Crippen LogP contribution in [-0.2, 0) is 26.1 Å². The number of sulfonamides is 1. The van der Waals surface area contributed by atoms with Crippen molar-refractivity contribution in [2.75, 3.05) is 13.7 Å². The van der Waals surface area contributed by atoms with E-state index in [0.717, 1.165) is 0 Å². The van der Waals surface area contributed by atoms with Crippen LogP contribution in [-0.4, -0.2) is 39.6 Å². The minimum Gasteiger partial charge on any atom is -0.383 e. The van der Waals surface area contributed by atoms with E-state index >= 15 is 0 Å². The van der Waals surface area contributed by atoms with Gasteiger partial charge in [-0.1, -0.05) is 18.2 Å². The summed E-state index contributed by atoms with van der Waals surface area (Å²) < 4.78 is 32.4. The number of nitrogens with two attached hydrogens (primary N) is 1. The molecule has 0 spiro atoms. The molecule has 8 heteroatoms. The number of rotatable bonds is 7. The lowest BCUT2D eigenvalue weighted by molar-refractivity contribution is -0.123. The molecule has 1 aromatic carbocycles. The van der Waals surface area contributed by atoms with Gasteiger partial charge in [-0.25, -0.2) is 13.1 Å². The highest BCUT2D eigenvalue weighted by atomic mass is 32.2. The molecule has 0 heterocycles. The summed E-state index contributed by atoms with van der Waals surface area (Å²) in [4.78, 5) is 11.9. The highest BCUT2D eigenvalue weighted by Crippen LogP contribution is 2.17. The third-order valence-electron chi connectivity index (χ3n) is 2.84. The highest BCUT2D eigenvalue weighted by Gasteiger charge is 2.24. The maximum Gasteiger partial charge on any atom is 0.241 e. The Balaban J connectivity index is 2.92. The van der Waals surface area contributed by atoms with E-state index in [1.807, 2.05) is 0 Å². The van der Waals surface area contributed by atoms with E-state index in [-0.39, 0.29) is 18.0 Å². The molecule has 0 aliphatic heterocycles. The number of benzene rings is 1. The molecule has 0 saturated heterocycles. The Hall–Kier alpha value is -1.48. The number of nitrogens with one attached hydrogen (secondary N) is 2. The summed E-state index contributed by atoms with van der Waals surface area (Å²) in [5.74, 6) is -0.400. The van der Waals surface area contributed by atoms with E-state index in [9.17, 15) is 13.2 Å². The lowest BCUT2D eigenvalue weighted by Gasteiger charge is -2.21. The maximum absolute atomic E-state index is 12.5. The van der Waals surface area contributed by atoms with Crippen molar-refractivity contribution in [3.8, 4) is 0 Å². The second-order valence-electron chi connectivity index (χ2n) is 6.24. The van der Waals surface area contributed by atoms with Gasteiger partial charge in [0.2, 0.25) is 15.9 Å². The van der Waals surface area contributed by atoms with Gasteiger partial charge in [-0.05, 0) is 32.4 Å². The first-order chi connectivity index (χ1) is 10.6. The Bertz CT molecular complexity index is 638. The third kappa shape index (κ3) is 6.26. The van der Waals surface area contributed by atoms with Gasteiger partial charge in [-0.3, -0.25) is 4.79 Å². The molecule has 1 aromatic rings. The summed E-state index contributed by atoms with van der Waals surface area (Å²) in [6, 6.07) is 5.71. The first-order valence-electron chi connectivity index (χ1n) is 7.21. The van der Waals surface area contributed by atoms with Crippen molar-refractivity contribution in [1.82, 2.24) is 10.0 Å². The van der Waals surface area contributed by atoms with Crippen LogP contribution in [0.2, 0.25) is 0 Å². The summed E-state index contributed by atoms with van der Waals surface area (Å²) in [7, 11) is -2.23. The van der Waals surface area contributed by atoms with E-state index in [1.54, 1.807) is 39.0 Å². The minimum atomic E-state index is -3.68. The molecule has 1 unspecified atom stereocenters. The van der Waals surface area contributed by atoms with Gasteiger partial charge in [0, 0.05) is 19.2 Å². The first-order valence-corrected chi connectivity index (χ1v) is 8.69. The second kappa shape index (κ2) is 7.87. The van der Waals surface area contributed by atoms with Crippen LogP contribution in [0.1, 0.15) is 26.3 Å². The topological polar surface area (TPSA) is 111 Å². The molecule has 1 atom stereocenters. The molecular formula is C15H25N3O4S. The largest absolute Gasteiger partial charge is 0.383 e. The molecule has 130 valence electrons. The quantitative estimate of drug-likeness (QED) is 0.662. The average molecular weight is 343 g/mol. The Morgan fingerprint density at radius 3 is 2.48 bits per heavy atom. The fraction of sp³-hybridized carbons (Fsp3) is 0.533. The van der Waals surface area contributed by atoms with Gasteiger partial charge in [0.05, 0.1) is 11.5 Å². The summed E-state index contributed by atoms with van der Waals surface area (Å²) in [5, 5.41) is 2.62. The predicted octanol–water partition coefficient (Wildman–Crippen LogP) is 0.353. The zero-order valence-electron chi connectivity index (χ0n) is 13.9. The normalized spacial score (nSPS) is 13.6. The van der Waals surface area contributed by atoms with Crippen molar-refractivity contribution in [3.63, 3.8) is 0 Å². The predicted molar refractivity (Wildman–Crippen MR) is 88.2 cm³/mol. The van der Waals surface area contributed by atoms with E-state index < -0.39 is 27.5 Å². The zero-order chi connectivity index (χ0) is 17.7. The third-order valence-corrected chi connectivity index (χ3v) is 4.70. The number of carbonyl (C=O) groups is 1. The highest BCUT2D eigenvalue weighted by molar-refractivity contribution is 7.89. The fourth-order valence-corrected chi connectivity index (χ4v) is 3.60. The fourth-order valence-electron chi connectivity index (χ4n) is 1.94. The molecule has 0 radical (unpaired) electrons. The van der Waals surface area contributed by atoms with Crippen LogP contribution in [0, 0.1) is 0 Å². The molecule has 4 N–H and O–H groups in total. The van der Waals surface area contributed by atoms with E-state index in [2.05, 4.69) is 10.0 Å². The Morgan fingerprint density at radius 1 is 1.30 bits per heavy atom. The Labute approximate surface area is 137 Å². The van der Waals surface area contributed by atoms with Crippen LogP contribution in [0.15, 0.2) is 29.2 Å². The van der Waals surface area contributed by atoms with Gasteiger partial charge in [0.15, 0.2) is 0 Å². The lowest BCUT2D eigenvalue weighted by Crippen LogP contribution is -2.43. The number of methoxy groups -OCH3 is 1. The van der Waals surface area contributed by atoms with Crippen molar-refractivity contribution < 1.29 is 17.9 Å². The van der Waals surface area contributed by atoms with Crippen LogP contribution < -0.4 is 15.8 Å². The second-order valence-corrected chi connectivity index (χ2v) is 7.89. The summed E-state index contributed by atoms with van der Waals surface area (Å²) >= 11 is 0. The molecule has 0 aliphatic rings. The molecule has 0 fully saturated rings. The van der Waals surface area contributed by atoms with Gasteiger partial charge in [0.25, 0.3) is 0 Å². The molecule has 0 aromatic heterocycles. The average Bonchev–Trinajstić information content (AvgIpc) is 2.42.